The topological polar surface area (TPSA) is 40.5 Å². The minimum atomic E-state index is -0.934. The predicted molar refractivity (Wildman–Crippen MR) is 69.6 cm³/mol. The lowest BCUT2D eigenvalue weighted by atomic mass is 9.75. The second-order valence-corrected chi connectivity index (χ2v) is 6.46. The van der Waals surface area contributed by atoms with E-state index in [1.807, 2.05) is 10.8 Å². The summed E-state index contributed by atoms with van der Waals surface area (Å²) in [6.07, 6.45) is 2.61. The van der Waals surface area contributed by atoms with E-state index in [0.29, 0.717) is 18.8 Å². The van der Waals surface area contributed by atoms with E-state index in [4.69, 9.17) is 0 Å². The van der Waals surface area contributed by atoms with Crippen LogP contribution < -0.4 is 0 Å². The molecule has 1 aliphatic rings. The summed E-state index contributed by atoms with van der Waals surface area (Å²) in [5.74, 6) is 0.665. The first kappa shape index (κ1) is 12.6. The van der Waals surface area contributed by atoms with Gasteiger partial charge in [0.25, 0.3) is 0 Å². The Bertz CT molecular complexity index is 356. The molecular formula is C12H17BrO2S. The summed E-state index contributed by atoms with van der Waals surface area (Å²) in [4.78, 5) is 0. The van der Waals surface area contributed by atoms with Crippen molar-refractivity contribution in [3.8, 4) is 0 Å². The van der Waals surface area contributed by atoms with Crippen molar-refractivity contribution < 1.29 is 10.2 Å². The fourth-order valence-corrected chi connectivity index (χ4v) is 3.84. The van der Waals surface area contributed by atoms with Gasteiger partial charge >= 0.3 is 0 Å². The Kier molecular flexibility index (Phi) is 3.74. The zero-order valence-electron chi connectivity index (χ0n) is 9.32. The van der Waals surface area contributed by atoms with Crippen LogP contribution in [0.1, 0.15) is 44.3 Å². The Labute approximate surface area is 108 Å². The minimum Gasteiger partial charge on any atom is -0.387 e. The molecule has 1 unspecified atom stereocenters. The Balaban J connectivity index is 2.15. The SMILES string of the molecule is CC1CCC(O)(C(O)c2cscc2Br)CC1. The largest absolute Gasteiger partial charge is 0.387 e. The zero-order valence-corrected chi connectivity index (χ0v) is 11.7. The van der Waals surface area contributed by atoms with Crippen LogP contribution in [0.2, 0.25) is 0 Å². The quantitative estimate of drug-likeness (QED) is 0.878. The molecule has 1 atom stereocenters. The van der Waals surface area contributed by atoms with Crippen molar-refractivity contribution in [2.75, 3.05) is 0 Å². The third-order valence-electron chi connectivity index (χ3n) is 3.59. The molecule has 1 heterocycles. The number of halogens is 1. The Morgan fingerprint density at radius 3 is 2.56 bits per heavy atom. The average Bonchev–Trinajstić information content (AvgIpc) is 2.68. The van der Waals surface area contributed by atoms with Crippen LogP contribution in [0.4, 0.5) is 0 Å². The third-order valence-corrected chi connectivity index (χ3v) is 5.34. The lowest BCUT2D eigenvalue weighted by Gasteiger charge is -2.38. The number of aliphatic hydroxyl groups excluding tert-OH is 1. The molecule has 90 valence electrons. The van der Waals surface area contributed by atoms with E-state index in [2.05, 4.69) is 22.9 Å². The molecule has 0 spiro atoms. The molecule has 1 saturated carbocycles. The van der Waals surface area contributed by atoms with Gasteiger partial charge in [0.1, 0.15) is 6.10 Å². The summed E-state index contributed by atoms with van der Waals surface area (Å²) in [6, 6.07) is 0. The molecular weight excluding hydrogens is 288 g/mol. The van der Waals surface area contributed by atoms with Gasteiger partial charge in [-0.15, -0.1) is 0 Å². The summed E-state index contributed by atoms with van der Waals surface area (Å²) in [5, 5.41) is 24.6. The molecule has 0 aliphatic heterocycles. The van der Waals surface area contributed by atoms with E-state index >= 15 is 0 Å². The Hall–Kier alpha value is 0.100. The molecule has 0 bridgehead atoms. The minimum absolute atomic E-state index is 0.665. The summed E-state index contributed by atoms with van der Waals surface area (Å²) < 4.78 is 0.900. The highest BCUT2D eigenvalue weighted by Crippen LogP contribution is 2.42. The van der Waals surface area contributed by atoms with Crippen LogP contribution in [0.25, 0.3) is 0 Å². The maximum Gasteiger partial charge on any atom is 0.110 e. The molecule has 0 aromatic carbocycles. The second kappa shape index (κ2) is 4.77. The molecule has 1 aliphatic carbocycles. The van der Waals surface area contributed by atoms with Crippen molar-refractivity contribution in [3.63, 3.8) is 0 Å². The number of rotatable bonds is 2. The van der Waals surface area contributed by atoms with E-state index < -0.39 is 11.7 Å². The molecule has 0 saturated heterocycles. The van der Waals surface area contributed by atoms with Gasteiger partial charge < -0.3 is 10.2 Å². The smallest absolute Gasteiger partial charge is 0.110 e. The molecule has 1 fully saturated rings. The summed E-state index contributed by atoms with van der Waals surface area (Å²) >= 11 is 4.95. The first-order chi connectivity index (χ1) is 7.53. The molecule has 2 nitrogen and oxygen atoms in total. The van der Waals surface area contributed by atoms with Crippen molar-refractivity contribution in [2.45, 2.75) is 44.3 Å². The summed E-state index contributed by atoms with van der Waals surface area (Å²) in [6.45, 7) is 2.20. The monoisotopic (exact) mass is 304 g/mol. The highest BCUT2D eigenvalue weighted by atomic mass is 79.9. The Morgan fingerprint density at radius 2 is 2.06 bits per heavy atom. The number of hydrogen-bond acceptors (Lipinski definition) is 3. The van der Waals surface area contributed by atoms with Crippen molar-refractivity contribution >= 4 is 27.3 Å². The van der Waals surface area contributed by atoms with Crippen LogP contribution in [0, 0.1) is 5.92 Å². The van der Waals surface area contributed by atoms with Gasteiger partial charge in [-0.3, -0.25) is 0 Å². The van der Waals surface area contributed by atoms with E-state index in [1.54, 1.807) is 0 Å². The zero-order chi connectivity index (χ0) is 11.8. The molecule has 4 heteroatoms. The first-order valence-corrected chi connectivity index (χ1v) is 7.38. The highest BCUT2D eigenvalue weighted by molar-refractivity contribution is 9.10. The molecule has 0 radical (unpaired) electrons. The van der Waals surface area contributed by atoms with Gasteiger partial charge in [-0.25, -0.2) is 0 Å². The van der Waals surface area contributed by atoms with Crippen LogP contribution in [0.3, 0.4) is 0 Å². The Morgan fingerprint density at radius 1 is 1.44 bits per heavy atom. The van der Waals surface area contributed by atoms with Gasteiger partial charge in [-0.2, -0.15) is 11.3 Å². The van der Waals surface area contributed by atoms with Crippen molar-refractivity contribution in [1.29, 1.82) is 0 Å². The van der Waals surface area contributed by atoms with Crippen LogP contribution in [-0.2, 0) is 0 Å². The molecule has 16 heavy (non-hydrogen) atoms. The van der Waals surface area contributed by atoms with E-state index in [-0.39, 0.29) is 0 Å². The van der Waals surface area contributed by atoms with Gasteiger partial charge in [-0.1, -0.05) is 6.92 Å². The number of hydrogen-bond donors (Lipinski definition) is 2. The maximum atomic E-state index is 10.5. The standard InChI is InChI=1S/C12H17BrO2S/c1-8-2-4-12(15,5-3-8)11(14)9-6-16-7-10(9)13/h6-8,11,14-15H,2-5H2,1H3. The van der Waals surface area contributed by atoms with Gasteiger partial charge in [0.15, 0.2) is 0 Å². The molecule has 2 rings (SSSR count). The van der Waals surface area contributed by atoms with Crippen LogP contribution >= 0.6 is 27.3 Å². The van der Waals surface area contributed by atoms with E-state index in [0.717, 1.165) is 22.9 Å². The molecule has 2 N–H and O–H groups in total. The fourth-order valence-electron chi connectivity index (χ4n) is 2.31. The lowest BCUT2D eigenvalue weighted by Crippen LogP contribution is -2.39. The van der Waals surface area contributed by atoms with Crippen molar-refractivity contribution in [3.05, 3.63) is 20.8 Å². The van der Waals surface area contributed by atoms with Crippen LogP contribution in [-0.4, -0.2) is 15.8 Å². The fraction of sp³-hybridized carbons (Fsp3) is 0.667. The van der Waals surface area contributed by atoms with Gasteiger partial charge in [0.2, 0.25) is 0 Å². The maximum absolute atomic E-state index is 10.5. The lowest BCUT2D eigenvalue weighted by molar-refractivity contribution is -0.105. The van der Waals surface area contributed by atoms with Crippen LogP contribution in [0.15, 0.2) is 15.2 Å². The van der Waals surface area contributed by atoms with E-state index in [1.165, 1.54) is 11.3 Å². The normalized spacial score (nSPS) is 32.6. The van der Waals surface area contributed by atoms with Crippen molar-refractivity contribution in [2.24, 2.45) is 5.92 Å². The van der Waals surface area contributed by atoms with Crippen LogP contribution in [0.5, 0.6) is 0 Å². The molecule has 0 amide bonds. The van der Waals surface area contributed by atoms with Gasteiger partial charge in [0.05, 0.1) is 5.60 Å². The highest BCUT2D eigenvalue weighted by Gasteiger charge is 2.40. The third kappa shape index (κ3) is 2.35. The predicted octanol–water partition coefficient (Wildman–Crippen LogP) is 3.49. The first-order valence-electron chi connectivity index (χ1n) is 5.65. The van der Waals surface area contributed by atoms with Gasteiger partial charge in [0, 0.05) is 15.4 Å². The second-order valence-electron chi connectivity index (χ2n) is 4.86. The van der Waals surface area contributed by atoms with Gasteiger partial charge in [-0.05, 0) is 52.9 Å². The summed E-state index contributed by atoms with van der Waals surface area (Å²) in [5.41, 5.74) is -0.113. The number of thiophene rings is 1. The number of aliphatic hydroxyl groups is 2. The average molecular weight is 305 g/mol. The molecule has 1 aromatic heterocycles. The van der Waals surface area contributed by atoms with Crippen molar-refractivity contribution in [1.82, 2.24) is 0 Å². The molecule has 1 aromatic rings. The summed E-state index contributed by atoms with van der Waals surface area (Å²) in [7, 11) is 0. The van der Waals surface area contributed by atoms with E-state index in [9.17, 15) is 10.2 Å².